The Kier molecular flexibility index (Phi) is 3.91. The minimum absolute atomic E-state index is 0.518. The molecule has 2 rings (SSSR count). The van der Waals surface area contributed by atoms with Crippen molar-refractivity contribution in [3.05, 3.63) is 0 Å². The molecular weight excluding hydrogens is 196 g/mol. The second-order valence-electron chi connectivity index (χ2n) is 6.79. The van der Waals surface area contributed by atoms with Gasteiger partial charge in [-0.25, -0.2) is 0 Å². The summed E-state index contributed by atoms with van der Waals surface area (Å²) in [5.41, 5.74) is 0.518. The molecule has 2 aliphatic heterocycles. The van der Waals surface area contributed by atoms with Crippen LogP contribution in [0.15, 0.2) is 0 Å². The zero-order valence-electron chi connectivity index (χ0n) is 11.3. The van der Waals surface area contributed by atoms with Gasteiger partial charge in [-0.1, -0.05) is 20.8 Å². The number of nitrogens with one attached hydrogen (secondary N) is 1. The molecule has 0 radical (unpaired) electrons. The third-order valence-corrected chi connectivity index (χ3v) is 4.53. The smallest absolute Gasteiger partial charge is 0.000778 e. The highest BCUT2D eigenvalue weighted by Crippen LogP contribution is 2.34. The van der Waals surface area contributed by atoms with E-state index in [2.05, 4.69) is 31.0 Å². The van der Waals surface area contributed by atoms with Crippen molar-refractivity contribution in [2.75, 3.05) is 32.7 Å². The molecule has 0 bridgehead atoms. The van der Waals surface area contributed by atoms with E-state index < -0.39 is 0 Å². The normalized spacial score (nSPS) is 25.7. The monoisotopic (exact) mass is 224 g/mol. The first-order valence-corrected chi connectivity index (χ1v) is 6.99. The summed E-state index contributed by atoms with van der Waals surface area (Å²) in [4.78, 5) is 2.68. The van der Waals surface area contributed by atoms with Gasteiger partial charge < -0.3 is 10.2 Å². The van der Waals surface area contributed by atoms with Crippen molar-refractivity contribution in [2.24, 2.45) is 17.3 Å². The van der Waals surface area contributed by atoms with Crippen LogP contribution in [0.3, 0.4) is 0 Å². The van der Waals surface area contributed by atoms with Crippen LogP contribution in [-0.4, -0.2) is 37.6 Å². The van der Waals surface area contributed by atoms with Gasteiger partial charge in [0, 0.05) is 0 Å². The van der Waals surface area contributed by atoms with Gasteiger partial charge >= 0.3 is 0 Å². The first-order valence-electron chi connectivity index (χ1n) is 6.99. The maximum Gasteiger partial charge on any atom is -0.000778 e. The lowest BCUT2D eigenvalue weighted by atomic mass is 9.75. The van der Waals surface area contributed by atoms with E-state index in [1.165, 1.54) is 52.0 Å². The summed E-state index contributed by atoms with van der Waals surface area (Å²) in [6, 6.07) is 0. The van der Waals surface area contributed by atoms with Gasteiger partial charge in [-0.2, -0.15) is 0 Å². The van der Waals surface area contributed by atoms with Gasteiger partial charge in [0.15, 0.2) is 0 Å². The second-order valence-corrected chi connectivity index (χ2v) is 6.79. The van der Waals surface area contributed by atoms with Crippen molar-refractivity contribution < 1.29 is 0 Å². The van der Waals surface area contributed by atoms with E-state index in [0.29, 0.717) is 5.41 Å². The Morgan fingerprint density at radius 3 is 2.19 bits per heavy atom. The van der Waals surface area contributed by atoms with Gasteiger partial charge in [0.25, 0.3) is 0 Å². The van der Waals surface area contributed by atoms with Crippen molar-refractivity contribution in [3.63, 3.8) is 0 Å². The van der Waals surface area contributed by atoms with E-state index in [1.807, 2.05) is 0 Å². The lowest BCUT2D eigenvalue weighted by Gasteiger charge is -2.39. The summed E-state index contributed by atoms with van der Waals surface area (Å²) in [6.07, 6.45) is 4.23. The van der Waals surface area contributed by atoms with E-state index in [9.17, 15) is 0 Å². The molecule has 1 N–H and O–H groups in total. The van der Waals surface area contributed by atoms with Gasteiger partial charge in [-0.15, -0.1) is 0 Å². The van der Waals surface area contributed by atoms with Crippen LogP contribution in [0.25, 0.3) is 0 Å². The van der Waals surface area contributed by atoms with Crippen molar-refractivity contribution in [2.45, 2.75) is 40.0 Å². The molecule has 0 unspecified atom stereocenters. The van der Waals surface area contributed by atoms with Gasteiger partial charge in [0.2, 0.25) is 0 Å². The molecule has 0 aromatic heterocycles. The predicted molar refractivity (Wildman–Crippen MR) is 69.6 cm³/mol. The van der Waals surface area contributed by atoms with E-state index in [-0.39, 0.29) is 0 Å². The van der Waals surface area contributed by atoms with Crippen molar-refractivity contribution in [3.8, 4) is 0 Å². The van der Waals surface area contributed by atoms with Gasteiger partial charge in [0.05, 0.1) is 0 Å². The van der Waals surface area contributed by atoms with Crippen LogP contribution in [0, 0.1) is 17.3 Å². The van der Waals surface area contributed by atoms with Crippen LogP contribution in [0.2, 0.25) is 0 Å². The summed E-state index contributed by atoms with van der Waals surface area (Å²) in [7, 11) is 0. The number of hydrogen-bond acceptors (Lipinski definition) is 2. The number of likely N-dealkylation sites (tertiary alicyclic amines) is 1. The zero-order valence-corrected chi connectivity index (χ0v) is 11.3. The van der Waals surface area contributed by atoms with Crippen molar-refractivity contribution in [1.82, 2.24) is 10.2 Å². The molecule has 0 aromatic carbocycles. The molecule has 2 fully saturated rings. The largest absolute Gasteiger partial charge is 0.316 e. The average Bonchev–Trinajstić information content (AvgIpc) is 2.15. The SMILES string of the molecule is CC(C)(C)C1CCN(CCC2CNC2)CC1. The molecule has 0 aromatic rings. The quantitative estimate of drug-likeness (QED) is 0.791. The van der Waals surface area contributed by atoms with Gasteiger partial charge in [-0.3, -0.25) is 0 Å². The molecule has 2 saturated heterocycles. The summed E-state index contributed by atoms with van der Waals surface area (Å²) in [6.45, 7) is 13.7. The Bertz CT molecular complexity index is 207. The Hall–Kier alpha value is -0.0800. The summed E-state index contributed by atoms with van der Waals surface area (Å²) >= 11 is 0. The Labute approximate surface area is 101 Å². The summed E-state index contributed by atoms with van der Waals surface area (Å²) < 4.78 is 0. The fourth-order valence-corrected chi connectivity index (χ4v) is 2.94. The lowest BCUT2D eigenvalue weighted by Crippen LogP contribution is -2.45. The molecule has 2 aliphatic rings. The second kappa shape index (κ2) is 5.05. The molecule has 0 spiro atoms. The van der Waals surface area contributed by atoms with Crippen LogP contribution >= 0.6 is 0 Å². The van der Waals surface area contributed by atoms with E-state index in [4.69, 9.17) is 0 Å². The first kappa shape index (κ1) is 12.4. The maximum atomic E-state index is 3.36. The van der Waals surface area contributed by atoms with Crippen LogP contribution in [0.1, 0.15) is 40.0 Å². The molecule has 0 atom stereocenters. The van der Waals surface area contributed by atoms with Crippen LogP contribution in [0.4, 0.5) is 0 Å². The van der Waals surface area contributed by atoms with Gasteiger partial charge in [0.1, 0.15) is 0 Å². The standard InChI is InChI=1S/C14H28N2/c1-14(2,3)13-5-8-16(9-6-13)7-4-12-10-15-11-12/h12-13,15H,4-11H2,1-3H3. The summed E-state index contributed by atoms with van der Waals surface area (Å²) in [5.74, 6) is 1.91. The number of nitrogens with zero attached hydrogens (tertiary/aromatic N) is 1. The highest BCUT2D eigenvalue weighted by molar-refractivity contribution is 4.82. The first-order chi connectivity index (χ1) is 7.55. The zero-order chi connectivity index (χ0) is 11.6. The number of hydrogen-bond donors (Lipinski definition) is 1. The topological polar surface area (TPSA) is 15.3 Å². The fraction of sp³-hybridized carbons (Fsp3) is 1.00. The molecule has 16 heavy (non-hydrogen) atoms. The number of piperidine rings is 1. The minimum Gasteiger partial charge on any atom is -0.316 e. The van der Waals surface area contributed by atoms with Crippen LogP contribution in [0.5, 0.6) is 0 Å². The average molecular weight is 224 g/mol. The summed E-state index contributed by atoms with van der Waals surface area (Å²) in [5, 5.41) is 3.36. The molecule has 0 saturated carbocycles. The lowest BCUT2D eigenvalue weighted by molar-refractivity contribution is 0.105. The molecular formula is C14H28N2. The van der Waals surface area contributed by atoms with E-state index in [1.54, 1.807) is 0 Å². The molecule has 2 heteroatoms. The fourth-order valence-electron chi connectivity index (χ4n) is 2.94. The Morgan fingerprint density at radius 2 is 1.75 bits per heavy atom. The molecule has 94 valence electrons. The minimum atomic E-state index is 0.518. The Balaban J connectivity index is 1.64. The van der Waals surface area contributed by atoms with Crippen LogP contribution < -0.4 is 5.32 Å². The van der Waals surface area contributed by atoms with E-state index >= 15 is 0 Å². The molecule has 2 heterocycles. The third-order valence-electron chi connectivity index (χ3n) is 4.53. The van der Waals surface area contributed by atoms with Crippen molar-refractivity contribution in [1.29, 1.82) is 0 Å². The Morgan fingerprint density at radius 1 is 1.12 bits per heavy atom. The maximum absolute atomic E-state index is 3.36. The van der Waals surface area contributed by atoms with Crippen molar-refractivity contribution >= 4 is 0 Å². The molecule has 2 nitrogen and oxygen atoms in total. The van der Waals surface area contributed by atoms with Gasteiger partial charge in [-0.05, 0) is 69.2 Å². The number of rotatable bonds is 3. The molecule has 0 aliphatic carbocycles. The molecule has 0 amide bonds. The third kappa shape index (κ3) is 3.21. The van der Waals surface area contributed by atoms with Crippen LogP contribution in [-0.2, 0) is 0 Å². The highest BCUT2D eigenvalue weighted by Gasteiger charge is 2.29. The highest BCUT2D eigenvalue weighted by atomic mass is 15.1. The van der Waals surface area contributed by atoms with E-state index in [0.717, 1.165) is 11.8 Å². The predicted octanol–water partition coefficient (Wildman–Crippen LogP) is 2.35.